The average Bonchev–Trinajstić information content (AvgIpc) is 2.53. The molecule has 3 heteroatoms. The van der Waals surface area contributed by atoms with Gasteiger partial charge in [0.25, 0.3) is 0 Å². The van der Waals surface area contributed by atoms with E-state index in [1.807, 2.05) is 0 Å². The van der Waals surface area contributed by atoms with Gasteiger partial charge in [-0.3, -0.25) is 4.79 Å². The van der Waals surface area contributed by atoms with E-state index in [0.717, 1.165) is 25.8 Å². The predicted octanol–water partition coefficient (Wildman–Crippen LogP) is 4.57. The van der Waals surface area contributed by atoms with Crippen LogP contribution < -0.4 is 0 Å². The highest BCUT2D eigenvalue weighted by molar-refractivity contribution is 9.10. The number of ketones is 1. The molecule has 0 N–H and O–H groups in total. The van der Waals surface area contributed by atoms with Crippen molar-refractivity contribution in [3.63, 3.8) is 0 Å². The number of likely N-dealkylation sites (N-methyl/N-ethyl adjacent to an activating group) is 1. The van der Waals surface area contributed by atoms with Crippen molar-refractivity contribution in [1.29, 1.82) is 0 Å². The number of likely N-dealkylation sites (tertiary alicyclic amines) is 1. The van der Waals surface area contributed by atoms with Crippen molar-refractivity contribution >= 4 is 21.7 Å². The van der Waals surface area contributed by atoms with E-state index in [1.54, 1.807) is 0 Å². The van der Waals surface area contributed by atoms with Gasteiger partial charge in [-0.05, 0) is 74.4 Å². The van der Waals surface area contributed by atoms with Crippen LogP contribution in [0.2, 0.25) is 0 Å². The molecule has 1 aliphatic heterocycles. The van der Waals surface area contributed by atoms with Crippen molar-refractivity contribution < 1.29 is 4.79 Å². The summed E-state index contributed by atoms with van der Waals surface area (Å²) in [5, 5.41) is 0. The number of carbonyl (C=O) groups is 1. The van der Waals surface area contributed by atoms with E-state index >= 15 is 0 Å². The van der Waals surface area contributed by atoms with Gasteiger partial charge in [0.2, 0.25) is 0 Å². The molecule has 4 rings (SSSR count). The summed E-state index contributed by atoms with van der Waals surface area (Å²) in [7, 11) is 2.28. The summed E-state index contributed by atoms with van der Waals surface area (Å²) < 4.78 is 0. The molecule has 1 saturated carbocycles. The standard InChI is InChI=1S/C22H30BrNO/c1-13-7-8-15-11-17-21(5)12-16(23)19(25)20(3,4)22(21,9-10-24(17)6)18(15)14(13)2/h7-8,16-17H,9-12H2,1-6H3/t16?,17?,21-,22-/m0/s1. The highest BCUT2D eigenvalue weighted by Gasteiger charge is 2.71. The normalized spacial score (nSPS) is 39.7. The van der Waals surface area contributed by atoms with Crippen LogP contribution in [0.3, 0.4) is 0 Å². The quantitative estimate of drug-likeness (QED) is 0.591. The number of nitrogens with zero attached hydrogens (tertiary/aromatic N) is 1. The molecule has 3 aliphatic rings. The van der Waals surface area contributed by atoms with Crippen LogP contribution >= 0.6 is 15.9 Å². The zero-order valence-corrected chi connectivity index (χ0v) is 18.0. The van der Waals surface area contributed by atoms with Gasteiger partial charge < -0.3 is 4.90 Å². The Morgan fingerprint density at radius 2 is 1.88 bits per heavy atom. The molecule has 136 valence electrons. The van der Waals surface area contributed by atoms with Crippen molar-refractivity contribution in [1.82, 2.24) is 4.90 Å². The third-order valence-corrected chi connectivity index (χ3v) is 9.05. The smallest absolute Gasteiger partial charge is 0.152 e. The second-order valence-electron chi connectivity index (χ2n) is 9.48. The first-order valence-electron chi connectivity index (χ1n) is 9.56. The molecular weight excluding hydrogens is 374 g/mol. The van der Waals surface area contributed by atoms with E-state index in [2.05, 4.69) is 74.6 Å². The predicted molar refractivity (Wildman–Crippen MR) is 107 cm³/mol. The minimum Gasteiger partial charge on any atom is -0.302 e. The molecule has 2 fully saturated rings. The molecule has 2 nitrogen and oxygen atoms in total. The number of alkyl halides is 1. The summed E-state index contributed by atoms with van der Waals surface area (Å²) in [4.78, 5) is 15.9. The van der Waals surface area contributed by atoms with E-state index < -0.39 is 0 Å². The van der Waals surface area contributed by atoms with E-state index in [0.29, 0.717) is 11.8 Å². The number of hydrogen-bond donors (Lipinski definition) is 0. The summed E-state index contributed by atoms with van der Waals surface area (Å²) >= 11 is 3.76. The maximum absolute atomic E-state index is 13.4. The Kier molecular flexibility index (Phi) is 3.68. The third kappa shape index (κ3) is 1.87. The van der Waals surface area contributed by atoms with E-state index in [-0.39, 0.29) is 21.1 Å². The minimum atomic E-state index is -0.360. The molecule has 0 amide bonds. The maximum Gasteiger partial charge on any atom is 0.152 e. The monoisotopic (exact) mass is 403 g/mol. The molecule has 25 heavy (non-hydrogen) atoms. The van der Waals surface area contributed by atoms with Crippen LogP contribution in [0.25, 0.3) is 0 Å². The SMILES string of the molecule is Cc1ccc2c(c1C)[C@]13CCN(C)C(C2)[C@]1(C)CC(Br)C(=O)C3(C)C. The van der Waals surface area contributed by atoms with Gasteiger partial charge >= 0.3 is 0 Å². The number of halogens is 1. The van der Waals surface area contributed by atoms with Gasteiger partial charge in [-0.25, -0.2) is 0 Å². The summed E-state index contributed by atoms with van der Waals surface area (Å²) in [5.41, 5.74) is 5.45. The second-order valence-corrected chi connectivity index (χ2v) is 10.6. The van der Waals surface area contributed by atoms with Crippen LogP contribution in [0.15, 0.2) is 12.1 Å². The van der Waals surface area contributed by atoms with Gasteiger partial charge in [-0.15, -0.1) is 0 Å². The van der Waals surface area contributed by atoms with Crippen molar-refractivity contribution in [3.8, 4) is 0 Å². The number of rotatable bonds is 0. The second kappa shape index (κ2) is 5.19. The van der Waals surface area contributed by atoms with Crippen LogP contribution in [-0.4, -0.2) is 35.1 Å². The van der Waals surface area contributed by atoms with E-state index in [1.165, 1.54) is 22.3 Å². The van der Waals surface area contributed by atoms with Gasteiger partial charge in [0.1, 0.15) is 0 Å². The van der Waals surface area contributed by atoms with Gasteiger partial charge in [0.05, 0.1) is 4.83 Å². The first-order valence-corrected chi connectivity index (χ1v) is 10.5. The molecule has 2 bridgehead atoms. The van der Waals surface area contributed by atoms with Crippen LogP contribution in [0.5, 0.6) is 0 Å². The molecule has 2 aliphatic carbocycles. The number of carbonyl (C=O) groups excluding carboxylic acids is 1. The lowest BCUT2D eigenvalue weighted by Crippen LogP contribution is -2.74. The molecule has 1 aromatic rings. The fourth-order valence-electron chi connectivity index (χ4n) is 6.91. The number of aryl methyl sites for hydroxylation is 1. The zero-order valence-electron chi connectivity index (χ0n) is 16.4. The minimum absolute atomic E-state index is 0.0266. The van der Waals surface area contributed by atoms with Gasteiger partial charge in [0, 0.05) is 16.9 Å². The number of fused-ring (bicyclic) bond motifs is 1. The number of Topliss-reactive ketones (excluding diaryl/α,β-unsaturated/α-hetero) is 1. The molecule has 2 unspecified atom stereocenters. The Balaban J connectivity index is 2.12. The Morgan fingerprint density at radius 1 is 1.20 bits per heavy atom. The topological polar surface area (TPSA) is 20.3 Å². The van der Waals surface area contributed by atoms with Crippen molar-refractivity contribution in [3.05, 3.63) is 34.4 Å². The van der Waals surface area contributed by atoms with Crippen LogP contribution in [-0.2, 0) is 16.6 Å². The Morgan fingerprint density at radius 3 is 2.56 bits per heavy atom. The largest absolute Gasteiger partial charge is 0.302 e. The Labute approximate surface area is 160 Å². The highest BCUT2D eigenvalue weighted by atomic mass is 79.9. The fraction of sp³-hybridized carbons (Fsp3) is 0.682. The third-order valence-electron chi connectivity index (χ3n) is 8.31. The molecule has 1 saturated heterocycles. The van der Waals surface area contributed by atoms with Crippen LogP contribution in [0, 0.1) is 24.7 Å². The molecule has 1 aromatic carbocycles. The van der Waals surface area contributed by atoms with Crippen LogP contribution in [0.4, 0.5) is 0 Å². The lowest BCUT2D eigenvalue weighted by atomic mass is 9.37. The van der Waals surface area contributed by atoms with E-state index in [9.17, 15) is 4.79 Å². The number of benzene rings is 1. The molecular formula is C22H30BrNO. The highest BCUT2D eigenvalue weighted by Crippen LogP contribution is 2.69. The molecule has 4 atom stereocenters. The summed E-state index contributed by atoms with van der Waals surface area (Å²) in [6, 6.07) is 5.11. The first-order chi connectivity index (χ1) is 11.6. The Hall–Kier alpha value is -0.670. The van der Waals surface area contributed by atoms with Gasteiger partial charge in [0.15, 0.2) is 5.78 Å². The fourth-order valence-corrected chi connectivity index (χ4v) is 8.15. The van der Waals surface area contributed by atoms with Crippen LogP contribution in [0.1, 0.15) is 55.9 Å². The first kappa shape index (κ1) is 17.7. The summed E-state index contributed by atoms with van der Waals surface area (Å²) in [5.74, 6) is 0.391. The molecule has 0 aromatic heterocycles. The summed E-state index contributed by atoms with van der Waals surface area (Å²) in [6.45, 7) is 12.5. The van der Waals surface area contributed by atoms with Gasteiger partial charge in [-0.2, -0.15) is 0 Å². The maximum atomic E-state index is 13.4. The lowest BCUT2D eigenvalue weighted by molar-refractivity contribution is -0.161. The molecule has 0 radical (unpaired) electrons. The van der Waals surface area contributed by atoms with Crippen molar-refractivity contribution in [2.75, 3.05) is 13.6 Å². The molecule has 0 spiro atoms. The zero-order chi connectivity index (χ0) is 18.4. The molecule has 1 heterocycles. The average molecular weight is 404 g/mol. The lowest BCUT2D eigenvalue weighted by Gasteiger charge is -2.70. The Bertz CT molecular complexity index is 770. The van der Waals surface area contributed by atoms with Crippen molar-refractivity contribution in [2.45, 2.75) is 70.2 Å². The van der Waals surface area contributed by atoms with E-state index in [4.69, 9.17) is 0 Å². The number of hydrogen-bond acceptors (Lipinski definition) is 2. The summed E-state index contributed by atoms with van der Waals surface area (Å²) in [6.07, 6.45) is 3.12. The van der Waals surface area contributed by atoms with Gasteiger partial charge in [-0.1, -0.05) is 48.8 Å². The number of piperidine rings is 1. The van der Waals surface area contributed by atoms with Crippen molar-refractivity contribution in [2.24, 2.45) is 10.8 Å².